The molecule has 148 valence electrons. The average Bonchev–Trinajstić information content (AvgIpc) is 3.15. The van der Waals surface area contributed by atoms with Crippen LogP contribution in [-0.2, 0) is 20.9 Å². The predicted octanol–water partition coefficient (Wildman–Crippen LogP) is 4.23. The highest BCUT2D eigenvalue weighted by atomic mass is 32.1. The third-order valence-electron chi connectivity index (χ3n) is 3.75. The van der Waals surface area contributed by atoms with Crippen molar-refractivity contribution >= 4 is 34.4 Å². The molecule has 6 nitrogen and oxygen atoms in total. The number of thiazole rings is 1. The summed E-state index contributed by atoms with van der Waals surface area (Å²) in [4.78, 5) is 27.6. The summed E-state index contributed by atoms with van der Waals surface area (Å²) in [7, 11) is 0. The third kappa shape index (κ3) is 6.90. The zero-order valence-corrected chi connectivity index (χ0v) is 16.6. The molecule has 1 amide bonds. The Labute approximate surface area is 172 Å². The van der Waals surface area contributed by atoms with Gasteiger partial charge in [-0.05, 0) is 36.3 Å². The lowest BCUT2D eigenvalue weighted by Gasteiger charge is -2.06. The van der Waals surface area contributed by atoms with E-state index in [4.69, 9.17) is 9.47 Å². The maximum absolute atomic E-state index is 11.8. The normalized spacial score (nSPS) is 10.7. The van der Waals surface area contributed by atoms with Gasteiger partial charge in [-0.15, -0.1) is 11.3 Å². The quantitative estimate of drug-likeness (QED) is 0.446. The smallest absolute Gasteiger partial charge is 0.331 e. The van der Waals surface area contributed by atoms with E-state index in [0.717, 1.165) is 22.6 Å². The molecule has 7 heteroatoms. The van der Waals surface area contributed by atoms with E-state index in [1.165, 1.54) is 17.4 Å². The van der Waals surface area contributed by atoms with Crippen LogP contribution in [0.15, 0.2) is 66.1 Å². The molecule has 1 aromatic heterocycles. The number of esters is 1. The van der Waals surface area contributed by atoms with Gasteiger partial charge in [0.2, 0.25) is 0 Å². The number of aryl methyl sites for hydroxylation is 1. The fourth-order valence-corrected chi connectivity index (χ4v) is 3.04. The largest absolute Gasteiger partial charge is 0.489 e. The molecule has 0 radical (unpaired) electrons. The van der Waals surface area contributed by atoms with Crippen molar-refractivity contribution in [1.29, 1.82) is 0 Å². The molecule has 1 N–H and O–H groups in total. The summed E-state index contributed by atoms with van der Waals surface area (Å²) >= 11 is 1.32. The van der Waals surface area contributed by atoms with Crippen LogP contribution in [0.2, 0.25) is 0 Å². The van der Waals surface area contributed by atoms with E-state index >= 15 is 0 Å². The second kappa shape index (κ2) is 10.2. The van der Waals surface area contributed by atoms with Gasteiger partial charge in [-0.25, -0.2) is 9.78 Å². The van der Waals surface area contributed by atoms with Gasteiger partial charge in [0.15, 0.2) is 11.7 Å². The first kappa shape index (κ1) is 20.3. The first-order valence-corrected chi connectivity index (χ1v) is 9.80. The number of nitrogens with zero attached hydrogens (tertiary/aromatic N) is 1. The minimum atomic E-state index is -0.597. The highest BCUT2D eigenvalue weighted by Gasteiger charge is 2.07. The van der Waals surface area contributed by atoms with Gasteiger partial charge in [0.05, 0.1) is 5.69 Å². The lowest BCUT2D eigenvalue weighted by atomic mass is 10.2. The maximum atomic E-state index is 11.8. The molecular weight excluding hydrogens is 388 g/mol. The molecule has 3 rings (SSSR count). The Balaban J connectivity index is 1.41. The van der Waals surface area contributed by atoms with E-state index < -0.39 is 11.9 Å². The number of hydrogen-bond acceptors (Lipinski definition) is 6. The lowest BCUT2D eigenvalue weighted by molar-refractivity contribution is -0.142. The van der Waals surface area contributed by atoms with E-state index in [1.54, 1.807) is 6.08 Å². The van der Waals surface area contributed by atoms with Crippen molar-refractivity contribution < 1.29 is 19.1 Å². The van der Waals surface area contributed by atoms with Gasteiger partial charge in [0.25, 0.3) is 5.91 Å². The molecular formula is C22H20N2O4S. The molecule has 0 saturated carbocycles. The summed E-state index contributed by atoms with van der Waals surface area (Å²) in [5.41, 5.74) is 2.73. The fraction of sp³-hybridized carbons (Fsp3) is 0.136. The highest BCUT2D eigenvalue weighted by Crippen LogP contribution is 2.15. The van der Waals surface area contributed by atoms with Crippen LogP contribution < -0.4 is 10.1 Å². The molecule has 0 unspecified atom stereocenters. The van der Waals surface area contributed by atoms with Crippen LogP contribution in [0.1, 0.15) is 16.8 Å². The van der Waals surface area contributed by atoms with Gasteiger partial charge in [-0.1, -0.05) is 42.5 Å². The van der Waals surface area contributed by atoms with Crippen molar-refractivity contribution in [3.8, 4) is 5.75 Å². The monoisotopic (exact) mass is 408 g/mol. The van der Waals surface area contributed by atoms with Crippen molar-refractivity contribution in [2.45, 2.75) is 13.5 Å². The SMILES string of the molecule is Cc1csc(NC(=O)COC(=O)/C=C/c2ccc(OCc3ccccc3)cc2)n1. The van der Waals surface area contributed by atoms with Gasteiger partial charge in [0.1, 0.15) is 12.4 Å². The number of hydrogen-bond donors (Lipinski definition) is 1. The van der Waals surface area contributed by atoms with Gasteiger partial charge in [-0.2, -0.15) is 0 Å². The molecule has 0 bridgehead atoms. The molecule has 0 saturated heterocycles. The number of anilines is 1. The van der Waals surface area contributed by atoms with Crippen LogP contribution in [0.3, 0.4) is 0 Å². The summed E-state index contributed by atoms with van der Waals surface area (Å²) < 4.78 is 10.7. The van der Waals surface area contributed by atoms with Crippen LogP contribution in [0.25, 0.3) is 6.08 Å². The van der Waals surface area contributed by atoms with Crippen LogP contribution in [-0.4, -0.2) is 23.5 Å². The minimum Gasteiger partial charge on any atom is -0.489 e. The second-order valence-corrected chi connectivity index (χ2v) is 6.98. The number of aromatic nitrogens is 1. The molecule has 2 aromatic carbocycles. The predicted molar refractivity (Wildman–Crippen MR) is 113 cm³/mol. The summed E-state index contributed by atoms with van der Waals surface area (Å²) in [5.74, 6) is -0.288. The number of nitrogens with one attached hydrogen (secondary N) is 1. The zero-order valence-electron chi connectivity index (χ0n) is 15.8. The Morgan fingerprint density at radius 2 is 1.86 bits per heavy atom. The van der Waals surface area contributed by atoms with E-state index in [0.29, 0.717) is 11.7 Å². The molecule has 0 aliphatic heterocycles. The number of carbonyl (C=O) groups excluding carboxylic acids is 2. The average molecular weight is 408 g/mol. The first-order valence-electron chi connectivity index (χ1n) is 8.92. The Hall–Kier alpha value is -3.45. The van der Waals surface area contributed by atoms with Gasteiger partial charge < -0.3 is 9.47 Å². The molecule has 0 atom stereocenters. The number of amides is 1. The molecule has 3 aromatic rings. The van der Waals surface area contributed by atoms with E-state index in [9.17, 15) is 9.59 Å². The fourth-order valence-electron chi connectivity index (χ4n) is 2.33. The molecule has 1 heterocycles. The van der Waals surface area contributed by atoms with Crippen LogP contribution in [0.5, 0.6) is 5.75 Å². The van der Waals surface area contributed by atoms with Gasteiger partial charge in [-0.3, -0.25) is 10.1 Å². The summed E-state index contributed by atoms with van der Waals surface area (Å²) in [6, 6.07) is 17.2. The van der Waals surface area contributed by atoms with E-state index in [1.807, 2.05) is 66.9 Å². The van der Waals surface area contributed by atoms with Crippen LogP contribution in [0.4, 0.5) is 5.13 Å². The number of ether oxygens (including phenoxy) is 2. The molecule has 0 aliphatic carbocycles. The number of benzene rings is 2. The van der Waals surface area contributed by atoms with Crippen LogP contribution in [0, 0.1) is 6.92 Å². The minimum absolute atomic E-state index is 0.367. The lowest BCUT2D eigenvalue weighted by Crippen LogP contribution is -2.20. The zero-order chi connectivity index (χ0) is 20.5. The summed E-state index contributed by atoms with van der Waals surface area (Å²) in [6.07, 6.45) is 2.89. The Bertz CT molecular complexity index is 982. The van der Waals surface area contributed by atoms with Crippen molar-refractivity contribution in [2.24, 2.45) is 0 Å². The van der Waals surface area contributed by atoms with E-state index in [-0.39, 0.29) is 6.61 Å². The Kier molecular flexibility index (Phi) is 7.13. The number of rotatable bonds is 8. The van der Waals surface area contributed by atoms with Gasteiger partial charge in [0, 0.05) is 11.5 Å². The Morgan fingerprint density at radius 3 is 2.55 bits per heavy atom. The first-order chi connectivity index (χ1) is 14.1. The third-order valence-corrected chi connectivity index (χ3v) is 4.63. The van der Waals surface area contributed by atoms with Crippen molar-refractivity contribution in [3.05, 3.63) is 82.9 Å². The molecule has 29 heavy (non-hydrogen) atoms. The highest BCUT2D eigenvalue weighted by molar-refractivity contribution is 7.13. The van der Waals surface area contributed by atoms with Gasteiger partial charge >= 0.3 is 5.97 Å². The maximum Gasteiger partial charge on any atom is 0.331 e. The molecule has 0 aliphatic rings. The molecule has 0 spiro atoms. The second-order valence-electron chi connectivity index (χ2n) is 6.13. The van der Waals surface area contributed by atoms with Crippen molar-refractivity contribution in [1.82, 2.24) is 4.98 Å². The van der Waals surface area contributed by atoms with E-state index in [2.05, 4.69) is 10.3 Å². The Morgan fingerprint density at radius 1 is 1.10 bits per heavy atom. The standard InChI is InChI=1S/C22H20N2O4S/c1-16-15-29-22(23-16)24-20(25)14-28-21(26)12-9-17-7-10-19(11-8-17)27-13-18-5-3-2-4-6-18/h2-12,15H,13-14H2,1H3,(H,23,24,25)/b12-9+. The summed E-state index contributed by atoms with van der Waals surface area (Å²) in [6.45, 7) is 1.96. The topological polar surface area (TPSA) is 77.5 Å². The summed E-state index contributed by atoms with van der Waals surface area (Å²) in [5, 5.41) is 4.88. The number of carbonyl (C=O) groups is 2. The molecule has 0 fully saturated rings. The van der Waals surface area contributed by atoms with Crippen molar-refractivity contribution in [2.75, 3.05) is 11.9 Å². The van der Waals surface area contributed by atoms with Crippen LogP contribution >= 0.6 is 11.3 Å². The van der Waals surface area contributed by atoms with Crippen molar-refractivity contribution in [3.63, 3.8) is 0 Å².